The molecular weight excluding hydrogens is 378 g/mol. The Morgan fingerprint density at radius 2 is 2.23 bits per heavy atom. The van der Waals surface area contributed by atoms with Crippen molar-refractivity contribution in [3.8, 4) is 5.88 Å². The van der Waals surface area contributed by atoms with Gasteiger partial charge in [-0.1, -0.05) is 17.7 Å². The average molecular weight is 392 g/mol. The highest BCUT2D eigenvalue weighted by molar-refractivity contribution is 7.15. The van der Waals surface area contributed by atoms with E-state index in [4.69, 9.17) is 16.3 Å². The standard InChI is InChI=1S/C17H14ClN3O4S/c18-17-19-8-11(26-17)9-21-12-6-1-2-7-20(12)15(23)13(21)14(22)16(24)25-10-4-3-5-10/h1-2,6-8,10H,3-5,9H2. The number of carbonyl (C=O) groups is 2. The monoisotopic (exact) mass is 391 g/mol. The fourth-order valence-corrected chi connectivity index (χ4v) is 3.82. The van der Waals surface area contributed by atoms with Crippen molar-refractivity contribution in [1.29, 1.82) is 0 Å². The molecule has 0 spiro atoms. The van der Waals surface area contributed by atoms with Gasteiger partial charge in [0.05, 0.1) is 11.1 Å². The number of halogens is 1. The van der Waals surface area contributed by atoms with Gasteiger partial charge in [0.25, 0.3) is 5.65 Å². The summed E-state index contributed by atoms with van der Waals surface area (Å²) >= 11 is 7.12. The largest absolute Gasteiger partial charge is 0.839 e. The Kier molecular flexibility index (Phi) is 4.37. The number of thiazole rings is 1. The predicted octanol–water partition coefficient (Wildman–Crippen LogP) is 1.74. The number of hydrogen-bond donors (Lipinski definition) is 0. The first-order valence-corrected chi connectivity index (χ1v) is 9.29. The fourth-order valence-electron chi connectivity index (χ4n) is 2.85. The summed E-state index contributed by atoms with van der Waals surface area (Å²) in [5, 5.41) is 12.7. The highest BCUT2D eigenvalue weighted by Crippen LogP contribution is 2.25. The SMILES string of the molecule is O=C(OC1CCC1)C(=O)c1c([O-])[n+]2ccccc2n1Cc1cnc(Cl)s1. The Balaban J connectivity index is 1.76. The van der Waals surface area contributed by atoms with E-state index in [1.807, 2.05) is 0 Å². The maximum atomic E-state index is 12.7. The maximum Gasteiger partial charge on any atom is 0.384 e. The van der Waals surface area contributed by atoms with Crippen LogP contribution in [0.1, 0.15) is 34.6 Å². The Labute approximate surface area is 157 Å². The number of rotatable bonds is 5. The van der Waals surface area contributed by atoms with Crippen LogP contribution in [0.15, 0.2) is 30.6 Å². The number of imidazole rings is 1. The van der Waals surface area contributed by atoms with E-state index in [0.717, 1.165) is 24.1 Å². The number of ketones is 1. The molecule has 1 fully saturated rings. The summed E-state index contributed by atoms with van der Waals surface area (Å²) in [6.07, 6.45) is 5.38. The zero-order chi connectivity index (χ0) is 18.3. The second kappa shape index (κ2) is 6.69. The first kappa shape index (κ1) is 17.0. The van der Waals surface area contributed by atoms with Gasteiger partial charge in [0.15, 0.2) is 4.47 Å². The number of Topliss-reactive ketones (excluding diaryl/α,β-unsaturated/α-hetero) is 1. The van der Waals surface area contributed by atoms with Crippen molar-refractivity contribution in [2.75, 3.05) is 0 Å². The highest BCUT2D eigenvalue weighted by atomic mass is 35.5. The minimum atomic E-state index is -0.987. The highest BCUT2D eigenvalue weighted by Gasteiger charge is 2.34. The van der Waals surface area contributed by atoms with E-state index in [-0.39, 0.29) is 18.3 Å². The Morgan fingerprint density at radius 3 is 2.88 bits per heavy atom. The molecule has 3 aromatic rings. The van der Waals surface area contributed by atoms with Gasteiger partial charge >= 0.3 is 11.8 Å². The summed E-state index contributed by atoms with van der Waals surface area (Å²) in [4.78, 5) is 29.6. The Morgan fingerprint density at radius 1 is 1.42 bits per heavy atom. The molecule has 4 rings (SSSR count). The van der Waals surface area contributed by atoms with Crippen molar-refractivity contribution in [2.45, 2.75) is 31.9 Å². The van der Waals surface area contributed by atoms with Crippen LogP contribution in [0.5, 0.6) is 5.88 Å². The van der Waals surface area contributed by atoms with Crippen LogP contribution in [0.4, 0.5) is 0 Å². The van der Waals surface area contributed by atoms with Gasteiger partial charge in [-0.3, -0.25) is 4.79 Å². The molecule has 0 unspecified atom stereocenters. The summed E-state index contributed by atoms with van der Waals surface area (Å²) in [5.41, 5.74) is 0.284. The van der Waals surface area contributed by atoms with E-state index < -0.39 is 17.6 Å². The number of esters is 1. The Bertz CT molecular complexity index is 1010. The quantitative estimate of drug-likeness (QED) is 0.286. The van der Waals surface area contributed by atoms with Crippen molar-refractivity contribution in [3.63, 3.8) is 0 Å². The lowest BCUT2D eigenvalue weighted by molar-refractivity contribution is -0.582. The van der Waals surface area contributed by atoms with E-state index in [1.165, 1.54) is 20.3 Å². The van der Waals surface area contributed by atoms with Crippen molar-refractivity contribution in [2.24, 2.45) is 0 Å². The summed E-state index contributed by atoms with van der Waals surface area (Å²) < 4.78 is 8.40. The number of ether oxygens (including phenoxy) is 1. The van der Waals surface area contributed by atoms with E-state index in [9.17, 15) is 14.7 Å². The van der Waals surface area contributed by atoms with Gasteiger partial charge in [0.2, 0.25) is 5.69 Å². The van der Waals surface area contributed by atoms with Crippen LogP contribution < -0.4 is 9.51 Å². The average Bonchev–Trinajstić information content (AvgIpc) is 3.13. The maximum absolute atomic E-state index is 12.7. The molecule has 1 aliphatic carbocycles. The molecular formula is C17H14ClN3O4S. The van der Waals surface area contributed by atoms with Crippen molar-refractivity contribution in [3.05, 3.63) is 45.6 Å². The number of aromatic nitrogens is 3. The van der Waals surface area contributed by atoms with Crippen LogP contribution in [0, 0.1) is 0 Å². The van der Waals surface area contributed by atoms with E-state index in [1.54, 1.807) is 30.6 Å². The smallest absolute Gasteiger partial charge is 0.384 e. The third-order valence-electron chi connectivity index (χ3n) is 4.37. The normalized spacial score (nSPS) is 14.3. The molecule has 7 nitrogen and oxygen atoms in total. The molecule has 0 aromatic carbocycles. The minimum Gasteiger partial charge on any atom is -0.839 e. The molecule has 0 aliphatic heterocycles. The van der Waals surface area contributed by atoms with E-state index >= 15 is 0 Å². The first-order chi connectivity index (χ1) is 12.5. The van der Waals surface area contributed by atoms with Crippen molar-refractivity contribution < 1.29 is 23.8 Å². The van der Waals surface area contributed by atoms with Crippen LogP contribution in [-0.2, 0) is 16.1 Å². The minimum absolute atomic E-state index is 0.206. The molecule has 26 heavy (non-hydrogen) atoms. The molecule has 0 amide bonds. The molecule has 134 valence electrons. The molecule has 0 saturated heterocycles. The molecule has 0 N–H and O–H groups in total. The van der Waals surface area contributed by atoms with Gasteiger partial charge in [-0.05, 0) is 25.3 Å². The summed E-state index contributed by atoms with van der Waals surface area (Å²) in [5.74, 6) is -2.47. The number of hydrogen-bond acceptors (Lipinski definition) is 6. The molecule has 3 heterocycles. The molecule has 0 radical (unpaired) electrons. The zero-order valence-electron chi connectivity index (χ0n) is 13.6. The number of fused-ring (bicyclic) bond motifs is 1. The third-order valence-corrected chi connectivity index (χ3v) is 5.47. The zero-order valence-corrected chi connectivity index (χ0v) is 15.1. The predicted molar refractivity (Wildman–Crippen MR) is 91.3 cm³/mol. The van der Waals surface area contributed by atoms with Crippen LogP contribution >= 0.6 is 22.9 Å². The van der Waals surface area contributed by atoms with Gasteiger partial charge in [-0.15, -0.1) is 11.3 Å². The summed E-state index contributed by atoms with van der Waals surface area (Å²) in [6, 6.07) is 5.15. The summed E-state index contributed by atoms with van der Waals surface area (Å²) in [7, 11) is 0. The lowest BCUT2D eigenvalue weighted by Crippen LogP contribution is -2.31. The third kappa shape index (κ3) is 2.95. The van der Waals surface area contributed by atoms with Crippen molar-refractivity contribution >= 4 is 40.3 Å². The lowest BCUT2D eigenvalue weighted by Gasteiger charge is -2.24. The summed E-state index contributed by atoms with van der Waals surface area (Å²) in [6.45, 7) is 0.206. The van der Waals surface area contributed by atoms with Crippen molar-refractivity contribution in [1.82, 2.24) is 9.55 Å². The topological polar surface area (TPSA) is 88.4 Å². The van der Waals surface area contributed by atoms with Crippen LogP contribution in [-0.4, -0.2) is 27.4 Å². The number of nitrogens with zero attached hydrogens (tertiary/aromatic N) is 3. The first-order valence-electron chi connectivity index (χ1n) is 8.10. The van der Waals surface area contributed by atoms with Crippen LogP contribution in [0.3, 0.4) is 0 Å². The molecule has 1 saturated carbocycles. The lowest BCUT2D eigenvalue weighted by atomic mass is 9.96. The number of carbonyl (C=O) groups excluding carboxylic acids is 2. The number of pyridine rings is 1. The fraction of sp³-hybridized carbons (Fsp3) is 0.294. The molecule has 9 heteroatoms. The Hall–Kier alpha value is -2.45. The van der Waals surface area contributed by atoms with Gasteiger partial charge in [0.1, 0.15) is 18.5 Å². The second-order valence-electron chi connectivity index (χ2n) is 6.04. The van der Waals surface area contributed by atoms with E-state index in [2.05, 4.69) is 4.98 Å². The van der Waals surface area contributed by atoms with Gasteiger partial charge < -0.3 is 9.84 Å². The van der Waals surface area contributed by atoms with E-state index in [0.29, 0.717) is 10.1 Å². The van der Waals surface area contributed by atoms with Gasteiger partial charge in [0, 0.05) is 12.3 Å². The second-order valence-corrected chi connectivity index (χ2v) is 7.73. The molecule has 0 bridgehead atoms. The van der Waals surface area contributed by atoms with Crippen LogP contribution in [0.25, 0.3) is 5.65 Å². The molecule has 0 atom stereocenters. The van der Waals surface area contributed by atoms with Crippen LogP contribution in [0.2, 0.25) is 4.47 Å². The molecule has 1 aliphatic rings. The molecule has 3 aromatic heterocycles. The van der Waals surface area contributed by atoms with Gasteiger partial charge in [-0.25, -0.2) is 18.7 Å². The van der Waals surface area contributed by atoms with Gasteiger partial charge in [-0.2, -0.15) is 0 Å².